The van der Waals surface area contributed by atoms with E-state index in [0.29, 0.717) is 23.2 Å². The third kappa shape index (κ3) is 7.82. The van der Waals surface area contributed by atoms with Gasteiger partial charge in [-0.05, 0) is 135 Å². The van der Waals surface area contributed by atoms with Gasteiger partial charge in [0.2, 0.25) is 0 Å². The van der Waals surface area contributed by atoms with E-state index in [4.69, 9.17) is 39.9 Å². The van der Waals surface area contributed by atoms with Crippen LogP contribution >= 0.6 is 45.3 Å². The molecule has 14 heterocycles. The fourth-order valence-electron chi connectivity index (χ4n) is 13.7. The molecule has 4 aliphatic rings. The van der Waals surface area contributed by atoms with E-state index in [0.717, 1.165) is 90.7 Å². The molecule has 0 unspecified atom stereocenters. The van der Waals surface area contributed by atoms with Crippen molar-refractivity contribution in [3.8, 4) is 76.3 Å². The molecule has 0 atom stereocenters. The molecule has 90 heavy (non-hydrogen) atoms. The highest BCUT2D eigenvalue weighted by atomic mass is 32.1. The van der Waals surface area contributed by atoms with Gasteiger partial charge in [-0.15, -0.1) is 45.3 Å². The minimum atomic E-state index is -0.506. The van der Waals surface area contributed by atoms with E-state index in [1.807, 2.05) is 145 Å². The normalized spacial score (nSPS) is 13.7. The smallest absolute Gasteiger partial charge is 0.180 e. The van der Waals surface area contributed by atoms with Gasteiger partial charge in [0.05, 0.1) is 27.9 Å². The van der Waals surface area contributed by atoms with Crippen LogP contribution in [0.5, 0.6) is 0 Å². The first-order chi connectivity index (χ1) is 44.6. The summed E-state index contributed by atoms with van der Waals surface area (Å²) >= 11 is 7.23. The van der Waals surface area contributed by atoms with Crippen LogP contribution in [0.15, 0.2) is 265 Å². The Bertz CT molecular complexity index is 4950. The van der Waals surface area contributed by atoms with Crippen molar-refractivity contribution in [1.82, 2.24) is 49.8 Å². The Balaban J connectivity index is 0.000000135. The van der Waals surface area contributed by atoms with Gasteiger partial charge in [-0.25, -0.2) is 39.9 Å². The van der Waals surface area contributed by atoms with Crippen LogP contribution in [0, 0.1) is 0 Å². The molecule has 0 bridgehead atoms. The summed E-state index contributed by atoms with van der Waals surface area (Å²) in [6, 6.07) is 70.7. The quantitative estimate of drug-likeness (QED) is 0.150. The Labute approximate surface area is 532 Å². The standard InChI is InChI=1S/C40H24N6S2.C34H20N6S2/c1-2-8-25(9-3-1)33-24-34(45-37(44-33)32-12-4-5-19-41-32)26-13-15-27(16-14-26)46-38-30(10-6-20-42-38)40(31-11-7-21-43-39(31)46)28-17-22-47-35(28)36-29(40)18-23-48-36;1-2-8-21(9-3-1)27-20-28(39-31(38-27)26-12-4-5-15-35-26)40-32-24(10-6-16-36-32)34(25-11-7-17-37-33(25)40)22-13-18-41-29(22)30-23(34)14-19-42-30/h1-24H;1-20H. The Morgan fingerprint density at radius 1 is 0.267 bits per heavy atom. The number of hydrogen-bond donors (Lipinski definition) is 0. The second-order valence-corrected chi connectivity index (χ2v) is 25.6. The zero-order chi connectivity index (χ0) is 59.3. The van der Waals surface area contributed by atoms with Gasteiger partial charge >= 0.3 is 0 Å². The number of thiophene rings is 4. The van der Waals surface area contributed by atoms with Gasteiger partial charge in [-0.3, -0.25) is 19.8 Å². The summed E-state index contributed by atoms with van der Waals surface area (Å²) < 4.78 is 0. The fourth-order valence-corrected chi connectivity index (χ4v) is 17.9. The van der Waals surface area contributed by atoms with Gasteiger partial charge in [0, 0.05) is 107 Å². The second-order valence-electron chi connectivity index (χ2n) is 21.9. The van der Waals surface area contributed by atoms with Crippen LogP contribution in [0.4, 0.5) is 34.8 Å². The predicted molar refractivity (Wildman–Crippen MR) is 361 cm³/mol. The molecule has 16 heteroatoms. The molecule has 2 aliphatic heterocycles. The van der Waals surface area contributed by atoms with Crippen LogP contribution in [0.25, 0.3) is 76.3 Å². The largest absolute Gasteiger partial charge is 0.278 e. The van der Waals surface area contributed by atoms with Gasteiger partial charge in [-0.2, -0.15) is 0 Å². The van der Waals surface area contributed by atoms with Gasteiger partial charge < -0.3 is 0 Å². The lowest BCUT2D eigenvalue weighted by atomic mass is 9.67. The number of hydrogen-bond acceptors (Lipinski definition) is 16. The third-order valence-electron chi connectivity index (χ3n) is 17.3. The van der Waals surface area contributed by atoms with Gasteiger partial charge in [-0.1, -0.05) is 109 Å². The molecule has 2 spiro atoms. The van der Waals surface area contributed by atoms with Crippen LogP contribution < -0.4 is 9.80 Å². The van der Waals surface area contributed by atoms with Crippen molar-refractivity contribution in [1.29, 1.82) is 0 Å². The maximum absolute atomic E-state index is 5.11. The first-order valence-electron chi connectivity index (χ1n) is 29.2. The lowest BCUT2D eigenvalue weighted by Gasteiger charge is -2.42. The highest BCUT2D eigenvalue weighted by Gasteiger charge is 2.56. The SMILES string of the molecule is c1ccc(-c2cc(-c3ccc(N4c5ncccc5C5(c6cccnc64)c4ccsc4-c4sccc45)cc3)nc(-c3ccccn3)n2)cc1.c1ccc(-c2cc(N3c4ncccc4C4(c5cccnc53)c3ccsc3-c3sccc34)nc(-c3ccccn3)n2)cc1. The Morgan fingerprint density at radius 3 is 1.02 bits per heavy atom. The van der Waals surface area contributed by atoms with E-state index in [9.17, 15) is 0 Å². The van der Waals surface area contributed by atoms with E-state index < -0.39 is 10.8 Å². The molecule has 0 saturated heterocycles. The van der Waals surface area contributed by atoms with Crippen LogP contribution in [-0.2, 0) is 10.8 Å². The molecule has 2 aliphatic carbocycles. The monoisotopic (exact) mass is 1230 g/mol. The number of nitrogens with zero attached hydrogens (tertiary/aromatic N) is 12. The predicted octanol–water partition coefficient (Wildman–Crippen LogP) is 18.2. The molecule has 19 rings (SSSR count). The maximum atomic E-state index is 5.11. The molecule has 424 valence electrons. The van der Waals surface area contributed by atoms with Crippen molar-refractivity contribution in [2.24, 2.45) is 0 Å². The molecule has 0 N–H and O–H groups in total. The van der Waals surface area contributed by atoms with Crippen LogP contribution in [-0.4, -0.2) is 49.8 Å². The topological polar surface area (TPSA) is 135 Å². The molecule has 0 radical (unpaired) electrons. The lowest BCUT2D eigenvalue weighted by Crippen LogP contribution is -2.37. The van der Waals surface area contributed by atoms with Crippen LogP contribution in [0.1, 0.15) is 44.5 Å². The molecular weight excluding hydrogens is 1190 g/mol. The summed E-state index contributed by atoms with van der Waals surface area (Å²) in [5.41, 5.74) is 16.7. The first kappa shape index (κ1) is 52.3. The van der Waals surface area contributed by atoms with E-state index in [2.05, 4.69) is 150 Å². The van der Waals surface area contributed by atoms with E-state index >= 15 is 0 Å². The average molecular weight is 1230 g/mol. The lowest BCUT2D eigenvalue weighted by molar-refractivity contribution is 0.738. The number of fused-ring (bicyclic) bond motifs is 18. The molecule has 0 fully saturated rings. The molecule has 12 aromatic heterocycles. The first-order valence-corrected chi connectivity index (χ1v) is 32.7. The number of rotatable bonds is 7. The summed E-state index contributed by atoms with van der Waals surface area (Å²) in [6.07, 6.45) is 11.0. The minimum Gasteiger partial charge on any atom is -0.278 e. The van der Waals surface area contributed by atoms with Gasteiger partial charge in [0.25, 0.3) is 0 Å². The second kappa shape index (κ2) is 20.9. The van der Waals surface area contributed by atoms with Crippen molar-refractivity contribution in [2.45, 2.75) is 10.8 Å². The summed E-state index contributed by atoms with van der Waals surface area (Å²) in [5.74, 6) is 5.22. The number of aromatic nitrogens is 10. The van der Waals surface area contributed by atoms with Crippen molar-refractivity contribution in [3.63, 3.8) is 0 Å². The Kier molecular flexibility index (Phi) is 12.1. The summed E-state index contributed by atoms with van der Waals surface area (Å²) in [4.78, 5) is 58.9. The van der Waals surface area contributed by atoms with Gasteiger partial charge in [0.15, 0.2) is 11.6 Å². The Hall–Kier alpha value is -10.9. The number of anilines is 6. The van der Waals surface area contributed by atoms with Crippen molar-refractivity contribution in [3.05, 3.63) is 309 Å². The van der Waals surface area contributed by atoms with Gasteiger partial charge in [0.1, 0.15) is 40.5 Å². The maximum Gasteiger partial charge on any atom is 0.180 e. The van der Waals surface area contributed by atoms with E-state index in [-0.39, 0.29) is 0 Å². The highest BCUT2D eigenvalue weighted by molar-refractivity contribution is 7.21. The van der Waals surface area contributed by atoms with E-state index in [1.54, 1.807) is 35.1 Å². The summed E-state index contributed by atoms with van der Waals surface area (Å²) in [6.45, 7) is 0. The van der Waals surface area contributed by atoms with E-state index in [1.165, 1.54) is 41.8 Å². The van der Waals surface area contributed by atoms with Crippen molar-refractivity contribution >= 4 is 80.1 Å². The molecule has 0 saturated carbocycles. The molecule has 12 nitrogen and oxygen atoms in total. The molecule has 15 aromatic rings. The van der Waals surface area contributed by atoms with Crippen molar-refractivity contribution < 1.29 is 0 Å². The third-order valence-corrected chi connectivity index (χ3v) is 21.3. The van der Waals surface area contributed by atoms with Crippen LogP contribution in [0.2, 0.25) is 0 Å². The van der Waals surface area contributed by atoms with Crippen LogP contribution in [0.3, 0.4) is 0 Å². The molecule has 0 amide bonds. The minimum absolute atomic E-state index is 0.467. The van der Waals surface area contributed by atoms with Crippen molar-refractivity contribution in [2.75, 3.05) is 9.80 Å². The Morgan fingerprint density at radius 2 is 0.622 bits per heavy atom. The summed E-state index contributed by atoms with van der Waals surface area (Å²) in [5, 5.41) is 8.82. The zero-order valence-electron chi connectivity index (χ0n) is 47.4. The number of benzene rings is 3. The highest BCUT2D eigenvalue weighted by Crippen LogP contribution is 2.66. The zero-order valence-corrected chi connectivity index (χ0v) is 50.7. The number of pyridine rings is 6. The average Bonchev–Trinajstić information content (AvgIpc) is 1.47. The molecule has 3 aromatic carbocycles. The fraction of sp³-hybridized carbons (Fsp3) is 0.0270. The summed E-state index contributed by atoms with van der Waals surface area (Å²) in [7, 11) is 0. The molecular formula is C74H44N12S4.